The van der Waals surface area contributed by atoms with Crippen LogP contribution in [0.25, 0.3) is 11.0 Å². The molecule has 1 unspecified atom stereocenters. The number of nitrogens with zero attached hydrogens (tertiary/aromatic N) is 3. The molecule has 3 saturated heterocycles. The third kappa shape index (κ3) is 3.32. The summed E-state index contributed by atoms with van der Waals surface area (Å²) in [5.41, 5.74) is 3.82. The number of morpholine rings is 1. The van der Waals surface area contributed by atoms with Crippen molar-refractivity contribution in [3.8, 4) is 0 Å². The lowest BCUT2D eigenvalue weighted by Gasteiger charge is -2.61. The minimum absolute atomic E-state index is 0.00547. The predicted octanol–water partition coefficient (Wildman–Crippen LogP) is 0.812. The second-order valence-electron chi connectivity index (χ2n) is 10.3. The summed E-state index contributed by atoms with van der Waals surface area (Å²) in [5, 5.41) is 16.8. The van der Waals surface area contributed by atoms with Gasteiger partial charge in [-0.3, -0.25) is 15.5 Å². The first-order valence-electron chi connectivity index (χ1n) is 12.6. The van der Waals surface area contributed by atoms with Crippen molar-refractivity contribution in [3.63, 3.8) is 0 Å². The Balaban J connectivity index is 1.55. The van der Waals surface area contributed by atoms with Gasteiger partial charge in [0.05, 0.1) is 35.9 Å². The van der Waals surface area contributed by atoms with Crippen LogP contribution in [-0.4, -0.2) is 78.9 Å². The van der Waals surface area contributed by atoms with Crippen LogP contribution in [0.3, 0.4) is 0 Å². The normalized spacial score (nSPS) is 32.8. The molecule has 1 spiro atoms. The molecule has 0 radical (unpaired) electrons. The zero-order valence-electron chi connectivity index (χ0n) is 21.0. The van der Waals surface area contributed by atoms with Gasteiger partial charge in [-0.15, -0.1) is 0 Å². The SMILES string of the molecule is C[C@@H]1CN2c3c(cc4c(N5COC[C@@H]5CCCO)noc4c3Cl)CC3(C=O)C(=O)NC(=O)NN[C@]23[C@H](C)O1. The monoisotopic (exact) mass is 548 g/mol. The third-order valence-electron chi connectivity index (χ3n) is 8.20. The molecule has 1 aromatic heterocycles. The molecule has 2 aromatic rings. The number of carbonyl (C=O) groups excluding carboxylic acids is 3. The Labute approximate surface area is 222 Å². The zero-order valence-corrected chi connectivity index (χ0v) is 21.7. The van der Waals surface area contributed by atoms with Gasteiger partial charge in [-0.2, -0.15) is 0 Å². The smallest absolute Gasteiger partial charge is 0.335 e. The number of aldehydes is 1. The van der Waals surface area contributed by atoms with Gasteiger partial charge >= 0.3 is 6.03 Å². The summed E-state index contributed by atoms with van der Waals surface area (Å²) >= 11 is 7.03. The number of hydrazine groups is 1. The number of aliphatic hydroxyl groups excluding tert-OH is 1. The van der Waals surface area contributed by atoms with Gasteiger partial charge in [-0.05, 0) is 44.7 Å². The van der Waals surface area contributed by atoms with E-state index in [1.165, 1.54) is 0 Å². The predicted molar refractivity (Wildman–Crippen MR) is 135 cm³/mol. The number of aromatic nitrogens is 1. The molecule has 38 heavy (non-hydrogen) atoms. The fourth-order valence-electron chi connectivity index (χ4n) is 6.52. The van der Waals surface area contributed by atoms with Gasteiger partial charge in [0.1, 0.15) is 23.5 Å². The Morgan fingerprint density at radius 1 is 1.34 bits per heavy atom. The number of aliphatic hydroxyl groups is 1. The van der Waals surface area contributed by atoms with Gasteiger partial charge in [-0.25, -0.2) is 10.2 Å². The first-order chi connectivity index (χ1) is 18.3. The van der Waals surface area contributed by atoms with Crippen molar-refractivity contribution in [1.82, 2.24) is 21.3 Å². The zero-order chi connectivity index (χ0) is 26.8. The summed E-state index contributed by atoms with van der Waals surface area (Å²) in [6, 6.07) is 1.07. The van der Waals surface area contributed by atoms with Crippen molar-refractivity contribution >= 4 is 52.3 Å². The van der Waals surface area contributed by atoms with Crippen LogP contribution in [0, 0.1) is 5.41 Å². The molecule has 6 rings (SSSR count). The molecule has 4 aliphatic heterocycles. The van der Waals surface area contributed by atoms with Crippen molar-refractivity contribution in [3.05, 3.63) is 16.7 Å². The van der Waals surface area contributed by atoms with Crippen molar-refractivity contribution in [2.75, 3.05) is 36.3 Å². The topological polar surface area (TPSA) is 158 Å². The number of nitrogens with one attached hydrogen (secondary N) is 3. The van der Waals surface area contributed by atoms with Crippen LogP contribution in [0.1, 0.15) is 32.3 Å². The van der Waals surface area contributed by atoms with Crippen LogP contribution < -0.4 is 26.0 Å². The molecule has 4 N–H and O–H groups in total. The molecule has 204 valence electrons. The minimum Gasteiger partial charge on any atom is -0.396 e. The highest BCUT2D eigenvalue weighted by Crippen LogP contribution is 2.54. The second-order valence-corrected chi connectivity index (χ2v) is 10.7. The highest BCUT2D eigenvalue weighted by molar-refractivity contribution is 6.38. The summed E-state index contributed by atoms with van der Waals surface area (Å²) < 4.78 is 17.6. The Kier molecular flexibility index (Phi) is 6.03. The molecule has 0 saturated carbocycles. The number of hydrogen-bond acceptors (Lipinski definition) is 11. The van der Waals surface area contributed by atoms with E-state index in [2.05, 4.69) is 21.3 Å². The average Bonchev–Trinajstić information content (AvgIpc) is 3.49. The van der Waals surface area contributed by atoms with E-state index in [0.717, 1.165) is 0 Å². The molecule has 1 aromatic carbocycles. The molecule has 3 amide bonds. The van der Waals surface area contributed by atoms with Crippen molar-refractivity contribution < 1.29 is 33.5 Å². The summed E-state index contributed by atoms with van der Waals surface area (Å²) in [7, 11) is 0. The summed E-state index contributed by atoms with van der Waals surface area (Å²) in [5.74, 6) is -0.208. The molecule has 5 atom stereocenters. The molecule has 0 bridgehead atoms. The van der Waals surface area contributed by atoms with Gasteiger partial charge in [0.25, 0.3) is 0 Å². The number of halogens is 1. The van der Waals surface area contributed by atoms with E-state index in [-0.39, 0.29) is 36.7 Å². The number of rotatable bonds is 5. The maximum Gasteiger partial charge on any atom is 0.335 e. The summed E-state index contributed by atoms with van der Waals surface area (Å²) in [6.45, 7) is 4.77. The van der Waals surface area contributed by atoms with Gasteiger partial charge in [0.2, 0.25) is 5.91 Å². The number of hydrogen-bond donors (Lipinski definition) is 4. The maximum absolute atomic E-state index is 13.6. The molecule has 13 nitrogen and oxygen atoms in total. The largest absolute Gasteiger partial charge is 0.396 e. The van der Waals surface area contributed by atoms with Crippen molar-refractivity contribution in [2.45, 2.75) is 57.0 Å². The molecule has 5 heterocycles. The van der Waals surface area contributed by atoms with Gasteiger partial charge in [0, 0.05) is 13.2 Å². The molecule has 4 aliphatic rings. The highest BCUT2D eigenvalue weighted by Gasteiger charge is 2.69. The lowest BCUT2D eigenvalue weighted by molar-refractivity contribution is -0.160. The fraction of sp³-hybridized carbons (Fsp3) is 0.583. The van der Waals surface area contributed by atoms with Crippen LogP contribution in [0.4, 0.5) is 16.3 Å². The maximum atomic E-state index is 13.6. The fourth-order valence-corrected chi connectivity index (χ4v) is 6.88. The number of amides is 3. The number of benzene rings is 1. The van der Waals surface area contributed by atoms with E-state index < -0.39 is 29.1 Å². The van der Waals surface area contributed by atoms with E-state index in [9.17, 15) is 19.5 Å². The molecular weight excluding hydrogens is 520 g/mol. The number of urea groups is 1. The third-order valence-corrected chi connectivity index (χ3v) is 8.55. The van der Waals surface area contributed by atoms with E-state index in [1.54, 1.807) is 6.92 Å². The second kappa shape index (κ2) is 9.06. The molecule has 3 fully saturated rings. The number of imide groups is 1. The standard InChI is InChI=1S/C24H29ClN6O7/c1-12-8-31-18-14(7-23(10-33)21(34)26-22(35)27-29-24(23,31)13(2)37-12)6-16-19(17(18)25)38-28-20(16)30-11-36-9-15(30)4-3-5-32/h6,10,12-13,15,29,32H,3-5,7-9,11H2,1-2H3,(H2,26,27,34,35)/t12-,13+,15+,23?,24-/m1/s1. The number of fused-ring (bicyclic) bond motifs is 3. The van der Waals surface area contributed by atoms with Crippen LogP contribution >= 0.6 is 11.6 Å². The number of carbonyl (C=O) groups is 3. The lowest BCUT2D eigenvalue weighted by Crippen LogP contribution is -2.82. The quantitative estimate of drug-likeness (QED) is 0.309. The number of anilines is 2. The minimum atomic E-state index is -1.74. The molecular formula is C24H29ClN6O7. The van der Waals surface area contributed by atoms with E-state index in [4.69, 9.17) is 25.6 Å². The molecule has 0 aliphatic carbocycles. The summed E-state index contributed by atoms with van der Waals surface area (Å²) in [6.07, 6.45) is 0.871. The van der Waals surface area contributed by atoms with Crippen LogP contribution in [0.5, 0.6) is 0 Å². The Hall–Kier alpha value is -2.97. The Morgan fingerprint density at radius 3 is 2.92 bits per heavy atom. The van der Waals surface area contributed by atoms with Crippen LogP contribution in [0.2, 0.25) is 5.02 Å². The van der Waals surface area contributed by atoms with Crippen LogP contribution in [0.15, 0.2) is 10.6 Å². The van der Waals surface area contributed by atoms with Crippen molar-refractivity contribution in [2.24, 2.45) is 5.41 Å². The summed E-state index contributed by atoms with van der Waals surface area (Å²) in [4.78, 5) is 42.7. The van der Waals surface area contributed by atoms with Gasteiger partial charge < -0.3 is 33.7 Å². The van der Waals surface area contributed by atoms with Gasteiger partial charge in [-0.1, -0.05) is 16.8 Å². The van der Waals surface area contributed by atoms with Gasteiger partial charge in [0.15, 0.2) is 17.1 Å². The average molecular weight is 549 g/mol. The first-order valence-corrected chi connectivity index (χ1v) is 13.0. The van der Waals surface area contributed by atoms with E-state index in [0.29, 0.717) is 60.5 Å². The van der Waals surface area contributed by atoms with Crippen molar-refractivity contribution in [1.29, 1.82) is 0 Å². The highest BCUT2D eigenvalue weighted by atomic mass is 35.5. The number of ether oxygens (including phenoxy) is 2. The Bertz CT molecular complexity index is 1320. The molecule has 14 heteroatoms. The first kappa shape index (κ1) is 25.3. The van der Waals surface area contributed by atoms with E-state index in [1.807, 2.05) is 22.8 Å². The van der Waals surface area contributed by atoms with E-state index >= 15 is 0 Å². The Morgan fingerprint density at radius 2 is 2.16 bits per heavy atom. The van der Waals surface area contributed by atoms with Crippen LogP contribution in [-0.2, 0) is 25.5 Å². The lowest BCUT2D eigenvalue weighted by atomic mass is 9.64.